The van der Waals surface area contributed by atoms with E-state index >= 15 is 0 Å². The molecule has 1 unspecified atom stereocenters. The Kier molecular flexibility index (Phi) is 10.2. The van der Waals surface area contributed by atoms with Crippen molar-refractivity contribution in [2.45, 2.75) is 113 Å². The highest BCUT2D eigenvalue weighted by Crippen LogP contribution is 2.30. The molecule has 0 aliphatic heterocycles. The van der Waals surface area contributed by atoms with Crippen LogP contribution in [0, 0.1) is 10.8 Å². The molecular formula is C23H46N2O4. The van der Waals surface area contributed by atoms with Gasteiger partial charge in [0.2, 0.25) is 5.91 Å². The zero-order valence-corrected chi connectivity index (χ0v) is 20.7. The van der Waals surface area contributed by atoms with Gasteiger partial charge in [0.05, 0.1) is 12.2 Å². The molecule has 0 spiro atoms. The van der Waals surface area contributed by atoms with Crippen LogP contribution in [0.3, 0.4) is 0 Å². The van der Waals surface area contributed by atoms with Crippen molar-refractivity contribution in [1.29, 1.82) is 0 Å². The molecule has 172 valence electrons. The summed E-state index contributed by atoms with van der Waals surface area (Å²) in [6.07, 6.45) is 2.06. The molecule has 0 fully saturated rings. The number of carbonyl (C=O) groups excluding carboxylic acids is 2. The van der Waals surface area contributed by atoms with Crippen molar-refractivity contribution in [2.75, 3.05) is 13.2 Å². The zero-order chi connectivity index (χ0) is 23.1. The Morgan fingerprint density at radius 3 is 1.90 bits per heavy atom. The van der Waals surface area contributed by atoms with Crippen molar-refractivity contribution >= 4 is 12.0 Å². The predicted molar refractivity (Wildman–Crippen MR) is 119 cm³/mol. The topological polar surface area (TPSA) is 76.7 Å². The summed E-state index contributed by atoms with van der Waals surface area (Å²) in [5, 5.41) is 5.83. The van der Waals surface area contributed by atoms with Crippen molar-refractivity contribution in [3.63, 3.8) is 0 Å². The first-order valence-corrected chi connectivity index (χ1v) is 10.7. The molecule has 29 heavy (non-hydrogen) atoms. The summed E-state index contributed by atoms with van der Waals surface area (Å²) in [6, 6.07) is -0.0884. The van der Waals surface area contributed by atoms with Gasteiger partial charge in [-0.15, -0.1) is 0 Å². The predicted octanol–water partition coefficient (Wildman–Crippen LogP) is 5.05. The third-order valence-corrected chi connectivity index (χ3v) is 4.61. The van der Waals surface area contributed by atoms with Crippen molar-refractivity contribution < 1.29 is 19.1 Å². The average molecular weight is 415 g/mol. The van der Waals surface area contributed by atoms with Gasteiger partial charge in [0.1, 0.15) is 5.60 Å². The number of ether oxygens (including phenoxy) is 2. The molecule has 1 atom stereocenters. The molecule has 0 aromatic rings. The molecule has 2 amide bonds. The van der Waals surface area contributed by atoms with E-state index < -0.39 is 22.7 Å². The molecule has 0 radical (unpaired) electrons. The van der Waals surface area contributed by atoms with Crippen molar-refractivity contribution in [1.82, 2.24) is 10.6 Å². The summed E-state index contributed by atoms with van der Waals surface area (Å²) in [4.78, 5) is 24.4. The largest absolute Gasteiger partial charge is 0.444 e. The summed E-state index contributed by atoms with van der Waals surface area (Å²) in [5.41, 5.74) is -1.13. The standard InChI is InChI=1S/C23H46N2O4/c1-17(25-18(26)22(8,9)13-12-20(2,3)4)16-28-23(10,11)14-15-24-19(27)29-21(5,6)7/h17H,12-16H2,1-11H3,(H,24,27)(H,25,26). The minimum atomic E-state index is -0.510. The maximum absolute atomic E-state index is 12.6. The van der Waals surface area contributed by atoms with Crippen LogP contribution in [0.4, 0.5) is 4.79 Å². The Balaban J connectivity index is 4.34. The van der Waals surface area contributed by atoms with Crippen LogP contribution in [-0.4, -0.2) is 42.4 Å². The van der Waals surface area contributed by atoms with Crippen LogP contribution in [-0.2, 0) is 14.3 Å². The van der Waals surface area contributed by atoms with Gasteiger partial charge < -0.3 is 20.1 Å². The number of amides is 2. The van der Waals surface area contributed by atoms with E-state index in [1.165, 1.54) is 0 Å². The molecule has 0 rings (SSSR count). The molecule has 0 aliphatic carbocycles. The molecule has 0 saturated heterocycles. The Bertz CT molecular complexity index is 528. The Hall–Kier alpha value is -1.30. The molecule has 0 aromatic heterocycles. The van der Waals surface area contributed by atoms with Gasteiger partial charge in [-0.05, 0) is 66.2 Å². The number of rotatable bonds is 10. The summed E-state index contributed by atoms with van der Waals surface area (Å²) in [6.45, 7) is 22.8. The lowest BCUT2D eigenvalue weighted by atomic mass is 9.79. The molecule has 0 aromatic carbocycles. The normalized spacial score (nSPS) is 14.3. The number of alkyl carbamates (subject to hydrolysis) is 1. The summed E-state index contributed by atoms with van der Waals surface area (Å²) in [7, 11) is 0. The molecular weight excluding hydrogens is 368 g/mol. The highest BCUT2D eigenvalue weighted by Gasteiger charge is 2.30. The quantitative estimate of drug-likeness (QED) is 0.524. The van der Waals surface area contributed by atoms with Crippen LogP contribution < -0.4 is 10.6 Å². The summed E-state index contributed by atoms with van der Waals surface area (Å²) in [5.74, 6) is 0.0576. The van der Waals surface area contributed by atoms with Crippen LogP contribution in [0.1, 0.15) is 95.4 Å². The van der Waals surface area contributed by atoms with Crippen LogP contribution >= 0.6 is 0 Å². The van der Waals surface area contributed by atoms with Gasteiger partial charge in [0, 0.05) is 18.0 Å². The minimum Gasteiger partial charge on any atom is -0.444 e. The zero-order valence-electron chi connectivity index (χ0n) is 20.7. The second-order valence-electron chi connectivity index (χ2n) is 11.6. The molecule has 0 heterocycles. The highest BCUT2D eigenvalue weighted by molar-refractivity contribution is 5.82. The van der Waals surface area contributed by atoms with Gasteiger partial charge in [-0.25, -0.2) is 4.79 Å². The second kappa shape index (κ2) is 10.6. The first kappa shape index (κ1) is 27.7. The van der Waals surface area contributed by atoms with Crippen molar-refractivity contribution in [2.24, 2.45) is 10.8 Å². The highest BCUT2D eigenvalue weighted by atomic mass is 16.6. The van der Waals surface area contributed by atoms with Crippen LogP contribution in [0.15, 0.2) is 0 Å². The fourth-order valence-corrected chi connectivity index (χ4v) is 2.46. The smallest absolute Gasteiger partial charge is 0.407 e. The molecule has 2 N–H and O–H groups in total. The monoisotopic (exact) mass is 414 g/mol. The lowest BCUT2D eigenvalue weighted by Crippen LogP contribution is -2.45. The van der Waals surface area contributed by atoms with E-state index in [0.29, 0.717) is 19.6 Å². The Morgan fingerprint density at radius 2 is 1.41 bits per heavy atom. The van der Waals surface area contributed by atoms with Crippen LogP contribution in [0.5, 0.6) is 0 Å². The maximum Gasteiger partial charge on any atom is 0.407 e. The van der Waals surface area contributed by atoms with Gasteiger partial charge in [-0.2, -0.15) is 0 Å². The van der Waals surface area contributed by atoms with E-state index in [1.807, 2.05) is 55.4 Å². The minimum absolute atomic E-state index is 0.0576. The van der Waals surface area contributed by atoms with Crippen LogP contribution in [0.2, 0.25) is 0 Å². The number of carbonyl (C=O) groups is 2. The summed E-state index contributed by atoms with van der Waals surface area (Å²) >= 11 is 0. The third kappa shape index (κ3) is 14.3. The van der Waals surface area contributed by atoms with Gasteiger partial charge in [-0.3, -0.25) is 4.79 Å². The number of nitrogens with one attached hydrogen (secondary N) is 2. The lowest BCUT2D eigenvalue weighted by molar-refractivity contribution is -0.131. The number of hydrogen-bond donors (Lipinski definition) is 2. The van der Waals surface area contributed by atoms with Crippen molar-refractivity contribution in [3.05, 3.63) is 0 Å². The summed E-state index contributed by atoms with van der Waals surface area (Å²) < 4.78 is 11.2. The SMILES string of the molecule is CC(COC(C)(C)CCNC(=O)OC(C)(C)C)NC(=O)C(C)(C)CCC(C)(C)C. The van der Waals surface area contributed by atoms with E-state index in [4.69, 9.17) is 9.47 Å². The first-order valence-electron chi connectivity index (χ1n) is 10.7. The fourth-order valence-electron chi connectivity index (χ4n) is 2.46. The Labute approximate surface area is 178 Å². The molecule has 6 heteroatoms. The van der Waals surface area contributed by atoms with E-state index in [2.05, 4.69) is 31.4 Å². The lowest BCUT2D eigenvalue weighted by Gasteiger charge is -2.31. The number of hydrogen-bond acceptors (Lipinski definition) is 4. The van der Waals surface area contributed by atoms with E-state index in [1.54, 1.807) is 0 Å². The average Bonchev–Trinajstić information content (AvgIpc) is 2.48. The Morgan fingerprint density at radius 1 is 0.862 bits per heavy atom. The van der Waals surface area contributed by atoms with Gasteiger partial charge in [0.25, 0.3) is 0 Å². The molecule has 0 bridgehead atoms. The second-order valence-corrected chi connectivity index (χ2v) is 11.6. The fraction of sp³-hybridized carbons (Fsp3) is 0.913. The van der Waals surface area contributed by atoms with Gasteiger partial charge in [-0.1, -0.05) is 34.6 Å². The van der Waals surface area contributed by atoms with Crippen LogP contribution in [0.25, 0.3) is 0 Å². The van der Waals surface area contributed by atoms with E-state index in [9.17, 15) is 9.59 Å². The maximum atomic E-state index is 12.6. The van der Waals surface area contributed by atoms with Gasteiger partial charge in [0.15, 0.2) is 0 Å². The first-order chi connectivity index (χ1) is 12.8. The molecule has 0 aliphatic rings. The third-order valence-electron chi connectivity index (χ3n) is 4.61. The van der Waals surface area contributed by atoms with E-state index in [-0.39, 0.29) is 17.4 Å². The molecule has 0 saturated carbocycles. The van der Waals surface area contributed by atoms with Gasteiger partial charge >= 0.3 is 6.09 Å². The van der Waals surface area contributed by atoms with E-state index in [0.717, 1.165) is 12.8 Å². The van der Waals surface area contributed by atoms with Crippen molar-refractivity contribution in [3.8, 4) is 0 Å². The molecule has 6 nitrogen and oxygen atoms in total.